The van der Waals surface area contributed by atoms with E-state index in [0.717, 1.165) is 12.8 Å². The number of carboxylic acids is 1. The molecule has 1 rings (SSSR count). The third-order valence-corrected chi connectivity index (χ3v) is 3.26. The number of aliphatic carboxylic acids is 1. The van der Waals surface area contributed by atoms with Crippen molar-refractivity contribution < 1.29 is 14.7 Å². The molecule has 0 aromatic heterocycles. The Hall–Kier alpha value is -1.10. The minimum Gasteiger partial charge on any atom is -0.481 e. The minimum absolute atomic E-state index is 0.00454. The fourth-order valence-electron chi connectivity index (χ4n) is 2.03. The zero-order chi connectivity index (χ0) is 13.7. The van der Waals surface area contributed by atoms with Crippen LogP contribution in [0.3, 0.4) is 0 Å². The van der Waals surface area contributed by atoms with Crippen LogP contribution in [0, 0.1) is 11.8 Å². The molecular weight excluding hydrogens is 232 g/mol. The molecule has 1 amide bonds. The molecule has 18 heavy (non-hydrogen) atoms. The monoisotopic (exact) mass is 256 g/mol. The summed E-state index contributed by atoms with van der Waals surface area (Å²) in [6.45, 7) is 7.64. The highest BCUT2D eigenvalue weighted by molar-refractivity contribution is 5.79. The number of hydrogen-bond donors (Lipinski definition) is 2. The lowest BCUT2D eigenvalue weighted by molar-refractivity contribution is -0.148. The van der Waals surface area contributed by atoms with Crippen LogP contribution < -0.4 is 5.32 Å². The summed E-state index contributed by atoms with van der Waals surface area (Å²) in [5.74, 6) is -0.417. The van der Waals surface area contributed by atoms with Crippen molar-refractivity contribution >= 4 is 11.9 Å². The van der Waals surface area contributed by atoms with Gasteiger partial charge in [-0.2, -0.15) is 0 Å². The van der Waals surface area contributed by atoms with E-state index < -0.39 is 5.97 Å². The maximum atomic E-state index is 11.7. The van der Waals surface area contributed by atoms with Gasteiger partial charge in [0.05, 0.1) is 12.5 Å². The third kappa shape index (κ3) is 5.04. The number of nitrogens with one attached hydrogen (secondary N) is 1. The molecule has 2 N–H and O–H groups in total. The van der Waals surface area contributed by atoms with Crippen LogP contribution >= 0.6 is 0 Å². The van der Waals surface area contributed by atoms with Crippen LogP contribution in [0.4, 0.5) is 0 Å². The van der Waals surface area contributed by atoms with Gasteiger partial charge in [0, 0.05) is 19.1 Å². The summed E-state index contributed by atoms with van der Waals surface area (Å²) in [5.41, 5.74) is 0. The lowest BCUT2D eigenvalue weighted by Crippen LogP contribution is -2.54. The number of amides is 1. The van der Waals surface area contributed by atoms with Gasteiger partial charge < -0.3 is 10.4 Å². The molecule has 1 aliphatic heterocycles. The molecule has 0 spiro atoms. The Bertz CT molecular complexity index is 299. The predicted molar refractivity (Wildman–Crippen MR) is 69.2 cm³/mol. The lowest BCUT2D eigenvalue weighted by atomic mass is 10.0. The van der Waals surface area contributed by atoms with E-state index in [2.05, 4.69) is 19.2 Å². The molecule has 1 atom stereocenters. The molecule has 5 heteroatoms. The van der Waals surface area contributed by atoms with Crippen molar-refractivity contribution in [1.29, 1.82) is 0 Å². The molecular formula is C13H24N2O3. The van der Waals surface area contributed by atoms with Crippen LogP contribution in [0.15, 0.2) is 0 Å². The third-order valence-electron chi connectivity index (χ3n) is 3.26. The Labute approximate surface area is 109 Å². The maximum absolute atomic E-state index is 11.7. The van der Waals surface area contributed by atoms with Crippen LogP contribution in [0.1, 0.15) is 33.6 Å². The molecule has 0 radical (unpaired) electrons. The Morgan fingerprint density at radius 3 is 2.39 bits per heavy atom. The molecule has 0 aromatic carbocycles. The van der Waals surface area contributed by atoms with Crippen molar-refractivity contribution in [2.24, 2.45) is 11.8 Å². The standard InChI is InChI=1S/C13H24N2O3/c1-9(2)4-5-10(3)14-12(16)8-15-6-11(7-15)13(17)18/h9-11H,4-8H2,1-3H3,(H,14,16)(H,17,18). The van der Waals surface area contributed by atoms with Gasteiger partial charge in [0.2, 0.25) is 5.91 Å². The number of rotatable bonds is 7. The van der Waals surface area contributed by atoms with Gasteiger partial charge in [0.1, 0.15) is 0 Å². The largest absolute Gasteiger partial charge is 0.481 e. The summed E-state index contributed by atoms with van der Waals surface area (Å²) >= 11 is 0. The molecule has 1 unspecified atom stereocenters. The maximum Gasteiger partial charge on any atom is 0.309 e. The van der Waals surface area contributed by atoms with Gasteiger partial charge >= 0.3 is 5.97 Å². The van der Waals surface area contributed by atoms with Crippen LogP contribution in [-0.2, 0) is 9.59 Å². The smallest absolute Gasteiger partial charge is 0.309 e. The fraction of sp³-hybridized carbons (Fsp3) is 0.846. The van der Waals surface area contributed by atoms with Crippen molar-refractivity contribution in [3.63, 3.8) is 0 Å². The average molecular weight is 256 g/mol. The molecule has 0 aromatic rings. The van der Waals surface area contributed by atoms with E-state index in [1.165, 1.54) is 0 Å². The highest BCUT2D eigenvalue weighted by atomic mass is 16.4. The van der Waals surface area contributed by atoms with E-state index in [4.69, 9.17) is 5.11 Å². The molecule has 0 bridgehead atoms. The van der Waals surface area contributed by atoms with Crippen LogP contribution in [0.5, 0.6) is 0 Å². The average Bonchev–Trinajstić information content (AvgIpc) is 2.19. The van der Waals surface area contributed by atoms with E-state index >= 15 is 0 Å². The SMILES string of the molecule is CC(C)CCC(C)NC(=O)CN1CC(C(=O)O)C1. The molecule has 0 aliphatic carbocycles. The van der Waals surface area contributed by atoms with E-state index in [0.29, 0.717) is 25.6 Å². The summed E-state index contributed by atoms with van der Waals surface area (Å²) in [6, 6.07) is 0.191. The first-order chi connectivity index (χ1) is 8.38. The quantitative estimate of drug-likeness (QED) is 0.711. The van der Waals surface area contributed by atoms with Crippen molar-refractivity contribution in [1.82, 2.24) is 10.2 Å². The highest BCUT2D eigenvalue weighted by Gasteiger charge is 2.33. The van der Waals surface area contributed by atoms with Crippen molar-refractivity contribution in [2.45, 2.75) is 39.7 Å². The molecule has 0 saturated carbocycles. The molecule has 104 valence electrons. The topological polar surface area (TPSA) is 69.6 Å². The Morgan fingerprint density at radius 1 is 1.28 bits per heavy atom. The van der Waals surface area contributed by atoms with Gasteiger partial charge in [-0.15, -0.1) is 0 Å². The number of carbonyl (C=O) groups is 2. The van der Waals surface area contributed by atoms with Crippen LogP contribution in [-0.4, -0.2) is 47.6 Å². The van der Waals surface area contributed by atoms with E-state index in [-0.39, 0.29) is 17.9 Å². The molecule has 1 aliphatic rings. The predicted octanol–water partition coefficient (Wildman–Crippen LogP) is 0.944. The van der Waals surface area contributed by atoms with Gasteiger partial charge in [0.15, 0.2) is 0 Å². The first-order valence-electron chi connectivity index (χ1n) is 6.63. The Balaban J connectivity index is 2.13. The van der Waals surface area contributed by atoms with E-state index in [9.17, 15) is 9.59 Å². The Morgan fingerprint density at radius 2 is 1.89 bits per heavy atom. The second-order valence-electron chi connectivity index (χ2n) is 5.67. The van der Waals surface area contributed by atoms with Gasteiger partial charge in [-0.3, -0.25) is 14.5 Å². The number of hydrogen-bond acceptors (Lipinski definition) is 3. The van der Waals surface area contributed by atoms with Crippen LogP contribution in [0.25, 0.3) is 0 Å². The summed E-state index contributed by atoms with van der Waals surface area (Å²) in [5, 5.41) is 11.7. The second-order valence-corrected chi connectivity index (χ2v) is 5.67. The summed E-state index contributed by atoms with van der Waals surface area (Å²) in [7, 11) is 0. The van der Waals surface area contributed by atoms with Gasteiger partial charge in [0.25, 0.3) is 0 Å². The fourth-order valence-corrected chi connectivity index (χ4v) is 2.03. The van der Waals surface area contributed by atoms with Gasteiger partial charge in [-0.1, -0.05) is 13.8 Å². The van der Waals surface area contributed by atoms with E-state index in [1.807, 2.05) is 11.8 Å². The highest BCUT2D eigenvalue weighted by Crippen LogP contribution is 2.14. The number of likely N-dealkylation sites (tertiary alicyclic amines) is 1. The number of nitrogens with zero attached hydrogens (tertiary/aromatic N) is 1. The molecule has 1 saturated heterocycles. The molecule has 1 fully saturated rings. The van der Waals surface area contributed by atoms with Crippen molar-refractivity contribution in [3.8, 4) is 0 Å². The van der Waals surface area contributed by atoms with Crippen molar-refractivity contribution in [2.75, 3.05) is 19.6 Å². The molecule has 1 heterocycles. The van der Waals surface area contributed by atoms with Gasteiger partial charge in [-0.25, -0.2) is 0 Å². The van der Waals surface area contributed by atoms with Crippen LogP contribution in [0.2, 0.25) is 0 Å². The number of carbonyl (C=O) groups excluding carboxylic acids is 1. The first kappa shape index (κ1) is 15.0. The number of carboxylic acid groups (broad SMARTS) is 1. The normalized spacial score (nSPS) is 18.4. The van der Waals surface area contributed by atoms with Crippen molar-refractivity contribution in [3.05, 3.63) is 0 Å². The minimum atomic E-state index is -0.767. The zero-order valence-electron chi connectivity index (χ0n) is 11.5. The first-order valence-corrected chi connectivity index (χ1v) is 6.63. The summed E-state index contributed by atoms with van der Waals surface area (Å²) in [6.07, 6.45) is 2.09. The van der Waals surface area contributed by atoms with E-state index in [1.54, 1.807) is 0 Å². The summed E-state index contributed by atoms with van der Waals surface area (Å²) in [4.78, 5) is 24.2. The zero-order valence-corrected chi connectivity index (χ0v) is 11.5. The van der Waals surface area contributed by atoms with Gasteiger partial charge in [-0.05, 0) is 25.7 Å². The molecule has 5 nitrogen and oxygen atoms in total. The Kier molecular flexibility index (Phi) is 5.59. The summed E-state index contributed by atoms with van der Waals surface area (Å²) < 4.78 is 0. The second kappa shape index (κ2) is 6.73. The lowest BCUT2D eigenvalue weighted by Gasteiger charge is -2.36.